The first kappa shape index (κ1) is 17.3. The molecule has 2 atom stereocenters. The number of likely N-dealkylation sites (tertiary alicyclic amines) is 1. The van der Waals surface area contributed by atoms with Gasteiger partial charge in [0.2, 0.25) is 0 Å². The van der Waals surface area contributed by atoms with Crippen molar-refractivity contribution in [3.63, 3.8) is 0 Å². The van der Waals surface area contributed by atoms with E-state index in [1.807, 2.05) is 6.92 Å². The molecule has 1 heterocycles. The number of halogens is 3. The van der Waals surface area contributed by atoms with Gasteiger partial charge in [0.15, 0.2) is 5.41 Å². The number of unbranched alkanes of at least 4 members (excludes halogenated alkanes) is 3. The topological polar surface area (TPSA) is 40.5 Å². The Morgan fingerprint density at radius 1 is 1.35 bits per heavy atom. The van der Waals surface area contributed by atoms with Crippen molar-refractivity contribution in [2.24, 2.45) is 5.41 Å². The molecule has 0 aromatic carbocycles. The first-order valence-corrected chi connectivity index (χ1v) is 7.29. The first-order chi connectivity index (χ1) is 9.24. The number of alkyl halides is 3. The van der Waals surface area contributed by atoms with E-state index in [1.165, 1.54) is 0 Å². The maximum atomic E-state index is 13.0. The van der Waals surface area contributed by atoms with Crippen molar-refractivity contribution in [3.05, 3.63) is 0 Å². The third-order valence-corrected chi connectivity index (χ3v) is 4.35. The predicted molar refractivity (Wildman–Crippen MR) is 70.5 cm³/mol. The van der Waals surface area contributed by atoms with Crippen LogP contribution in [-0.2, 0) is 4.79 Å². The summed E-state index contributed by atoms with van der Waals surface area (Å²) < 4.78 is 39.1. The Kier molecular flexibility index (Phi) is 5.86. The predicted octanol–water partition coefficient (Wildman–Crippen LogP) is 3.68. The van der Waals surface area contributed by atoms with Crippen LogP contribution in [0, 0.1) is 5.41 Å². The van der Waals surface area contributed by atoms with E-state index >= 15 is 0 Å². The summed E-state index contributed by atoms with van der Waals surface area (Å²) in [7, 11) is 0. The van der Waals surface area contributed by atoms with Crippen molar-refractivity contribution in [2.45, 2.75) is 64.6 Å². The van der Waals surface area contributed by atoms with Crippen LogP contribution in [0.2, 0.25) is 0 Å². The van der Waals surface area contributed by atoms with Crippen LogP contribution in [0.3, 0.4) is 0 Å². The zero-order chi connectivity index (χ0) is 15.4. The number of hydrogen-bond donors (Lipinski definition) is 1. The number of aliphatic carboxylic acids is 1. The Morgan fingerprint density at radius 2 is 2.00 bits per heavy atom. The van der Waals surface area contributed by atoms with Crippen molar-refractivity contribution in [1.29, 1.82) is 0 Å². The number of nitrogens with zero attached hydrogens (tertiary/aromatic N) is 1. The van der Waals surface area contributed by atoms with Crippen molar-refractivity contribution < 1.29 is 23.1 Å². The Balaban J connectivity index is 2.58. The molecular weight excluding hydrogens is 271 g/mol. The summed E-state index contributed by atoms with van der Waals surface area (Å²) in [6.07, 6.45) is 0.118. The molecule has 1 rings (SSSR count). The van der Waals surface area contributed by atoms with Gasteiger partial charge in [-0.2, -0.15) is 13.2 Å². The van der Waals surface area contributed by atoms with Gasteiger partial charge in [0.25, 0.3) is 0 Å². The third kappa shape index (κ3) is 3.65. The van der Waals surface area contributed by atoms with E-state index in [-0.39, 0.29) is 19.0 Å². The summed E-state index contributed by atoms with van der Waals surface area (Å²) in [5.74, 6) is -1.74. The van der Waals surface area contributed by atoms with Crippen LogP contribution >= 0.6 is 0 Å². The van der Waals surface area contributed by atoms with Crippen molar-refractivity contribution >= 4 is 5.97 Å². The van der Waals surface area contributed by atoms with E-state index < -0.39 is 24.1 Å². The van der Waals surface area contributed by atoms with E-state index in [2.05, 4.69) is 6.92 Å². The molecular formula is C14H24F3NO2. The van der Waals surface area contributed by atoms with Crippen LogP contribution < -0.4 is 0 Å². The number of carboxylic acid groups (broad SMARTS) is 1. The van der Waals surface area contributed by atoms with Gasteiger partial charge in [-0.3, -0.25) is 9.69 Å². The molecule has 1 saturated heterocycles. The average molecular weight is 295 g/mol. The standard InChI is InChI=1S/C14H24F3NO2/c1-3-4-5-6-7-11(2)18-9-8-13(10-18,12(19)20)14(15,16)17/h11H,3-10H2,1-2H3,(H,19,20). The second-order valence-corrected chi connectivity index (χ2v) is 5.80. The van der Waals surface area contributed by atoms with Crippen LogP contribution in [-0.4, -0.2) is 41.3 Å². The fourth-order valence-electron chi connectivity index (χ4n) is 2.79. The lowest BCUT2D eigenvalue weighted by Gasteiger charge is -2.29. The van der Waals surface area contributed by atoms with Gasteiger partial charge < -0.3 is 5.11 Å². The molecule has 0 spiro atoms. The fourth-order valence-corrected chi connectivity index (χ4v) is 2.79. The highest BCUT2D eigenvalue weighted by molar-refractivity contribution is 5.76. The molecule has 0 aromatic heterocycles. The molecule has 1 aliphatic rings. The van der Waals surface area contributed by atoms with Gasteiger partial charge in [0.1, 0.15) is 0 Å². The molecule has 1 aliphatic heterocycles. The lowest BCUT2D eigenvalue weighted by Crippen LogP contribution is -2.48. The van der Waals surface area contributed by atoms with E-state index in [9.17, 15) is 18.0 Å². The molecule has 0 aromatic rings. The van der Waals surface area contributed by atoms with Crippen LogP contribution in [0.1, 0.15) is 52.4 Å². The average Bonchev–Trinajstić information content (AvgIpc) is 2.80. The molecule has 0 aliphatic carbocycles. The van der Waals surface area contributed by atoms with E-state index in [1.54, 1.807) is 4.90 Å². The zero-order valence-corrected chi connectivity index (χ0v) is 12.2. The fraction of sp³-hybridized carbons (Fsp3) is 0.929. The van der Waals surface area contributed by atoms with Gasteiger partial charge >= 0.3 is 12.1 Å². The number of carboxylic acids is 1. The summed E-state index contributed by atoms with van der Waals surface area (Å²) in [5.41, 5.74) is -2.58. The lowest BCUT2D eigenvalue weighted by atomic mass is 9.86. The summed E-state index contributed by atoms with van der Waals surface area (Å²) in [6.45, 7) is 3.79. The Morgan fingerprint density at radius 3 is 2.45 bits per heavy atom. The van der Waals surface area contributed by atoms with Gasteiger partial charge in [0, 0.05) is 12.6 Å². The molecule has 118 valence electrons. The third-order valence-electron chi connectivity index (χ3n) is 4.35. The molecule has 1 N–H and O–H groups in total. The van der Waals surface area contributed by atoms with Crippen LogP contribution in [0.5, 0.6) is 0 Å². The monoisotopic (exact) mass is 295 g/mol. The van der Waals surface area contributed by atoms with E-state index in [0.717, 1.165) is 32.1 Å². The molecule has 0 radical (unpaired) electrons. The Hall–Kier alpha value is -0.780. The van der Waals surface area contributed by atoms with Gasteiger partial charge in [-0.1, -0.05) is 32.6 Å². The number of carbonyl (C=O) groups is 1. The molecule has 2 unspecified atom stereocenters. The summed E-state index contributed by atoms with van der Waals surface area (Å²) in [5, 5.41) is 9.00. The quantitative estimate of drug-likeness (QED) is 0.728. The zero-order valence-electron chi connectivity index (χ0n) is 12.2. The van der Waals surface area contributed by atoms with Gasteiger partial charge in [-0.15, -0.1) is 0 Å². The van der Waals surface area contributed by atoms with Crippen molar-refractivity contribution in [3.8, 4) is 0 Å². The number of hydrogen-bond acceptors (Lipinski definition) is 2. The highest BCUT2D eigenvalue weighted by Gasteiger charge is 2.63. The highest BCUT2D eigenvalue weighted by Crippen LogP contribution is 2.46. The maximum Gasteiger partial charge on any atom is 0.406 e. The van der Waals surface area contributed by atoms with Crippen LogP contribution in [0.15, 0.2) is 0 Å². The van der Waals surface area contributed by atoms with Crippen molar-refractivity contribution in [1.82, 2.24) is 4.90 Å². The number of rotatable bonds is 7. The van der Waals surface area contributed by atoms with Crippen molar-refractivity contribution in [2.75, 3.05) is 13.1 Å². The molecule has 0 bridgehead atoms. The summed E-state index contributed by atoms with van der Waals surface area (Å²) >= 11 is 0. The minimum Gasteiger partial charge on any atom is -0.481 e. The summed E-state index contributed by atoms with van der Waals surface area (Å²) in [4.78, 5) is 12.8. The molecule has 0 amide bonds. The van der Waals surface area contributed by atoms with Crippen LogP contribution in [0.25, 0.3) is 0 Å². The van der Waals surface area contributed by atoms with Gasteiger partial charge in [-0.25, -0.2) is 0 Å². The van der Waals surface area contributed by atoms with E-state index in [4.69, 9.17) is 5.11 Å². The molecule has 3 nitrogen and oxygen atoms in total. The van der Waals surface area contributed by atoms with E-state index in [0.29, 0.717) is 0 Å². The Bertz CT molecular complexity index is 333. The molecule has 6 heteroatoms. The minimum absolute atomic E-state index is 0.00966. The largest absolute Gasteiger partial charge is 0.481 e. The van der Waals surface area contributed by atoms with Gasteiger partial charge in [-0.05, 0) is 26.3 Å². The lowest BCUT2D eigenvalue weighted by molar-refractivity contribution is -0.227. The summed E-state index contributed by atoms with van der Waals surface area (Å²) in [6, 6.07) is 0.00966. The second kappa shape index (κ2) is 6.78. The second-order valence-electron chi connectivity index (χ2n) is 5.80. The molecule has 0 saturated carbocycles. The minimum atomic E-state index is -4.69. The van der Waals surface area contributed by atoms with Gasteiger partial charge in [0.05, 0.1) is 0 Å². The molecule has 20 heavy (non-hydrogen) atoms. The SMILES string of the molecule is CCCCCCC(C)N1CCC(C(=O)O)(C(F)(F)F)C1. The van der Waals surface area contributed by atoms with Crippen LogP contribution in [0.4, 0.5) is 13.2 Å². The normalized spacial score (nSPS) is 25.9. The highest BCUT2D eigenvalue weighted by atomic mass is 19.4. The maximum absolute atomic E-state index is 13.0. The Labute approximate surface area is 118 Å². The molecule has 1 fully saturated rings. The first-order valence-electron chi connectivity index (χ1n) is 7.29. The smallest absolute Gasteiger partial charge is 0.406 e.